The standard InChI is InChI=1S/C17H32N4O3/c1-3-13(4-2)15(20-7-9-24-10-8-20)11-19-17(23)21-6-5-14(12-21)16(18)22/h13-15H,3-12H2,1-2H3,(H2,18,22)(H,19,23)/t14-,15-/m0/s1. The largest absolute Gasteiger partial charge is 0.379 e. The number of amides is 3. The molecule has 7 nitrogen and oxygen atoms in total. The summed E-state index contributed by atoms with van der Waals surface area (Å²) in [4.78, 5) is 27.8. The van der Waals surface area contributed by atoms with Crippen LogP contribution in [0.3, 0.4) is 0 Å². The number of urea groups is 1. The summed E-state index contributed by atoms with van der Waals surface area (Å²) in [5, 5.41) is 3.08. The van der Waals surface area contributed by atoms with Gasteiger partial charge in [-0.3, -0.25) is 9.69 Å². The summed E-state index contributed by atoms with van der Waals surface area (Å²) in [6.45, 7) is 9.47. The summed E-state index contributed by atoms with van der Waals surface area (Å²) in [5.74, 6) is 0.0405. The highest BCUT2D eigenvalue weighted by Crippen LogP contribution is 2.20. The van der Waals surface area contributed by atoms with Crippen LogP contribution in [-0.4, -0.2) is 73.7 Å². The number of morpholine rings is 1. The summed E-state index contributed by atoms with van der Waals surface area (Å²) < 4.78 is 5.46. The molecule has 0 aromatic carbocycles. The van der Waals surface area contributed by atoms with Crippen LogP contribution in [0.1, 0.15) is 33.1 Å². The molecule has 0 aromatic rings. The Hall–Kier alpha value is -1.34. The van der Waals surface area contributed by atoms with Gasteiger partial charge >= 0.3 is 6.03 Å². The normalized spacial score (nSPS) is 23.5. The Morgan fingerprint density at radius 1 is 1.21 bits per heavy atom. The number of rotatable bonds is 7. The van der Waals surface area contributed by atoms with E-state index in [1.165, 1.54) is 0 Å². The molecule has 7 heteroatoms. The average molecular weight is 340 g/mol. The molecule has 0 aromatic heterocycles. The minimum Gasteiger partial charge on any atom is -0.379 e. The second-order valence-corrected chi connectivity index (χ2v) is 6.81. The van der Waals surface area contributed by atoms with Crippen molar-refractivity contribution in [1.29, 1.82) is 0 Å². The quantitative estimate of drug-likeness (QED) is 0.712. The van der Waals surface area contributed by atoms with Crippen molar-refractivity contribution in [2.24, 2.45) is 17.6 Å². The van der Waals surface area contributed by atoms with Crippen molar-refractivity contribution in [3.8, 4) is 0 Å². The van der Waals surface area contributed by atoms with Gasteiger partial charge in [0.25, 0.3) is 0 Å². The van der Waals surface area contributed by atoms with Gasteiger partial charge in [-0.05, 0) is 12.3 Å². The molecule has 2 aliphatic heterocycles. The van der Waals surface area contributed by atoms with E-state index >= 15 is 0 Å². The Kier molecular flexibility index (Phi) is 7.30. The number of likely N-dealkylation sites (tertiary alicyclic amines) is 1. The van der Waals surface area contributed by atoms with Crippen molar-refractivity contribution in [1.82, 2.24) is 15.1 Å². The summed E-state index contributed by atoms with van der Waals surface area (Å²) in [5.41, 5.74) is 5.34. The Labute approximate surface area is 144 Å². The van der Waals surface area contributed by atoms with Crippen LogP contribution >= 0.6 is 0 Å². The van der Waals surface area contributed by atoms with Crippen LogP contribution < -0.4 is 11.1 Å². The predicted octanol–water partition coefficient (Wildman–Crippen LogP) is 0.640. The van der Waals surface area contributed by atoms with E-state index in [1.807, 2.05) is 0 Å². The highest BCUT2D eigenvalue weighted by molar-refractivity contribution is 5.80. The topological polar surface area (TPSA) is 87.9 Å². The van der Waals surface area contributed by atoms with Crippen molar-refractivity contribution in [3.63, 3.8) is 0 Å². The van der Waals surface area contributed by atoms with E-state index in [2.05, 4.69) is 24.1 Å². The van der Waals surface area contributed by atoms with Gasteiger partial charge in [0.2, 0.25) is 5.91 Å². The smallest absolute Gasteiger partial charge is 0.317 e. The molecule has 2 saturated heterocycles. The molecule has 0 saturated carbocycles. The molecule has 0 aliphatic carbocycles. The van der Waals surface area contributed by atoms with Gasteiger partial charge < -0.3 is 20.7 Å². The van der Waals surface area contributed by atoms with E-state index in [0.717, 1.165) is 39.1 Å². The molecule has 0 unspecified atom stereocenters. The zero-order chi connectivity index (χ0) is 17.5. The molecule has 24 heavy (non-hydrogen) atoms. The number of nitrogens with zero attached hydrogens (tertiary/aromatic N) is 2. The van der Waals surface area contributed by atoms with Crippen molar-refractivity contribution < 1.29 is 14.3 Å². The first-order valence-electron chi connectivity index (χ1n) is 9.20. The SMILES string of the molecule is CCC(CC)[C@H](CNC(=O)N1CC[C@H](C(N)=O)C1)N1CCOCC1. The fraction of sp³-hybridized carbons (Fsp3) is 0.882. The lowest BCUT2D eigenvalue weighted by Gasteiger charge is -2.39. The zero-order valence-electron chi connectivity index (χ0n) is 15.0. The lowest BCUT2D eigenvalue weighted by atomic mass is 9.92. The van der Waals surface area contributed by atoms with Gasteiger partial charge in [0.1, 0.15) is 0 Å². The lowest BCUT2D eigenvalue weighted by molar-refractivity contribution is -0.121. The van der Waals surface area contributed by atoms with Crippen LogP contribution in [0.25, 0.3) is 0 Å². The monoisotopic (exact) mass is 340 g/mol. The molecule has 3 N–H and O–H groups in total. The van der Waals surface area contributed by atoms with Crippen molar-refractivity contribution >= 4 is 11.9 Å². The van der Waals surface area contributed by atoms with E-state index in [0.29, 0.717) is 38.0 Å². The van der Waals surface area contributed by atoms with Crippen LogP contribution in [-0.2, 0) is 9.53 Å². The average Bonchev–Trinajstić information content (AvgIpc) is 3.09. The van der Waals surface area contributed by atoms with Crippen molar-refractivity contribution in [2.75, 3.05) is 45.9 Å². The fourth-order valence-electron chi connectivity index (χ4n) is 3.82. The van der Waals surface area contributed by atoms with E-state index < -0.39 is 0 Å². The van der Waals surface area contributed by atoms with E-state index in [1.54, 1.807) is 4.90 Å². The molecule has 2 atom stereocenters. The Morgan fingerprint density at radius 3 is 2.42 bits per heavy atom. The number of nitrogens with two attached hydrogens (primary N) is 1. The number of hydrogen-bond donors (Lipinski definition) is 2. The molecular formula is C17H32N4O3. The first-order valence-corrected chi connectivity index (χ1v) is 9.20. The molecule has 138 valence electrons. The molecule has 0 radical (unpaired) electrons. The molecule has 0 bridgehead atoms. The van der Waals surface area contributed by atoms with Crippen LogP contribution in [0.15, 0.2) is 0 Å². The van der Waals surface area contributed by atoms with Gasteiger partial charge in [0, 0.05) is 38.8 Å². The maximum absolute atomic E-state index is 12.4. The maximum Gasteiger partial charge on any atom is 0.317 e. The molecule has 2 rings (SSSR count). The summed E-state index contributed by atoms with van der Waals surface area (Å²) in [7, 11) is 0. The maximum atomic E-state index is 12.4. The van der Waals surface area contributed by atoms with Crippen LogP contribution in [0.4, 0.5) is 4.79 Å². The molecule has 2 heterocycles. The van der Waals surface area contributed by atoms with Crippen LogP contribution in [0.2, 0.25) is 0 Å². The fourth-order valence-corrected chi connectivity index (χ4v) is 3.82. The van der Waals surface area contributed by atoms with Gasteiger partial charge in [-0.1, -0.05) is 26.7 Å². The third-order valence-electron chi connectivity index (χ3n) is 5.45. The summed E-state index contributed by atoms with van der Waals surface area (Å²) >= 11 is 0. The third kappa shape index (κ3) is 4.83. The van der Waals surface area contributed by atoms with Crippen molar-refractivity contribution in [2.45, 2.75) is 39.2 Å². The zero-order valence-corrected chi connectivity index (χ0v) is 15.0. The highest BCUT2D eigenvalue weighted by Gasteiger charge is 2.31. The molecule has 3 amide bonds. The molecular weight excluding hydrogens is 308 g/mol. The lowest BCUT2D eigenvalue weighted by Crippen LogP contribution is -2.53. The molecule has 2 aliphatic rings. The number of nitrogens with one attached hydrogen (secondary N) is 1. The van der Waals surface area contributed by atoms with E-state index in [-0.39, 0.29) is 17.9 Å². The first-order chi connectivity index (χ1) is 11.6. The number of carbonyl (C=O) groups excluding carboxylic acids is 2. The number of carbonyl (C=O) groups is 2. The summed E-state index contributed by atoms with van der Waals surface area (Å²) in [6.07, 6.45) is 2.87. The minimum absolute atomic E-state index is 0.0806. The number of hydrogen-bond acceptors (Lipinski definition) is 4. The van der Waals surface area contributed by atoms with Gasteiger partial charge in [0.05, 0.1) is 19.1 Å². The Bertz CT molecular complexity index is 422. The first kappa shape index (κ1) is 19.0. The second kappa shape index (κ2) is 9.22. The van der Waals surface area contributed by atoms with E-state index in [9.17, 15) is 9.59 Å². The molecule has 0 spiro atoms. The Morgan fingerprint density at radius 2 is 1.88 bits per heavy atom. The van der Waals surface area contributed by atoms with Gasteiger partial charge in [0.15, 0.2) is 0 Å². The third-order valence-corrected chi connectivity index (χ3v) is 5.45. The summed E-state index contributed by atoms with van der Waals surface area (Å²) in [6, 6.07) is 0.255. The van der Waals surface area contributed by atoms with Gasteiger partial charge in [-0.15, -0.1) is 0 Å². The van der Waals surface area contributed by atoms with Gasteiger partial charge in [-0.2, -0.15) is 0 Å². The Balaban J connectivity index is 1.89. The second-order valence-electron chi connectivity index (χ2n) is 6.81. The van der Waals surface area contributed by atoms with Gasteiger partial charge in [-0.25, -0.2) is 4.79 Å². The number of primary amides is 1. The molecule has 2 fully saturated rings. The van der Waals surface area contributed by atoms with Crippen LogP contribution in [0.5, 0.6) is 0 Å². The van der Waals surface area contributed by atoms with Crippen molar-refractivity contribution in [3.05, 3.63) is 0 Å². The highest BCUT2D eigenvalue weighted by atomic mass is 16.5. The predicted molar refractivity (Wildman–Crippen MR) is 92.5 cm³/mol. The minimum atomic E-state index is -0.312. The van der Waals surface area contributed by atoms with Crippen LogP contribution in [0, 0.1) is 11.8 Å². The number of ether oxygens (including phenoxy) is 1. The van der Waals surface area contributed by atoms with E-state index in [4.69, 9.17) is 10.5 Å².